The van der Waals surface area contributed by atoms with Crippen molar-refractivity contribution in [2.75, 3.05) is 13.1 Å². The Balaban J connectivity index is 2.71. The van der Waals surface area contributed by atoms with Crippen LogP contribution in [0.1, 0.15) is 31.9 Å². The molecule has 0 bridgehead atoms. The van der Waals surface area contributed by atoms with Gasteiger partial charge in [0, 0.05) is 12.0 Å². The van der Waals surface area contributed by atoms with Gasteiger partial charge in [0.05, 0.1) is 0 Å². The molecule has 0 amide bonds. The van der Waals surface area contributed by atoms with E-state index in [9.17, 15) is 4.39 Å². The van der Waals surface area contributed by atoms with Gasteiger partial charge in [0.2, 0.25) is 0 Å². The lowest BCUT2D eigenvalue weighted by atomic mass is 9.82. The van der Waals surface area contributed by atoms with Crippen LogP contribution in [0.2, 0.25) is 0 Å². The highest BCUT2D eigenvalue weighted by atomic mass is 19.1. The van der Waals surface area contributed by atoms with E-state index in [1.165, 1.54) is 11.6 Å². The number of benzene rings is 1. The number of nitrogens with one attached hydrogen (secondary N) is 1. The van der Waals surface area contributed by atoms with E-state index in [1.807, 2.05) is 19.1 Å². The molecule has 0 aliphatic heterocycles. The van der Waals surface area contributed by atoms with Crippen LogP contribution in [0.3, 0.4) is 0 Å². The second kappa shape index (κ2) is 6.85. The Hall–Kier alpha value is -1.15. The van der Waals surface area contributed by atoms with Crippen LogP contribution in [0, 0.1) is 24.1 Å². The lowest BCUT2D eigenvalue weighted by Gasteiger charge is -2.27. The molecule has 0 aliphatic carbocycles. The highest BCUT2D eigenvalue weighted by Gasteiger charge is 2.21. The Labute approximate surface area is 116 Å². The molecule has 0 saturated heterocycles. The van der Waals surface area contributed by atoms with E-state index >= 15 is 0 Å². The molecule has 0 fully saturated rings. The van der Waals surface area contributed by atoms with Crippen molar-refractivity contribution in [3.05, 3.63) is 47.8 Å². The summed E-state index contributed by atoms with van der Waals surface area (Å²) in [6.07, 6.45) is 2.89. The average Bonchev–Trinajstić information content (AvgIpc) is 2.32. The van der Waals surface area contributed by atoms with Crippen molar-refractivity contribution in [1.82, 2.24) is 5.32 Å². The van der Waals surface area contributed by atoms with Gasteiger partial charge in [-0.2, -0.15) is 0 Å². The van der Waals surface area contributed by atoms with Gasteiger partial charge in [0.1, 0.15) is 5.82 Å². The summed E-state index contributed by atoms with van der Waals surface area (Å²) in [5.41, 5.74) is 2.20. The second-order valence-corrected chi connectivity index (χ2v) is 6.13. The van der Waals surface area contributed by atoms with Crippen molar-refractivity contribution in [3.8, 4) is 0 Å². The zero-order chi connectivity index (χ0) is 14.5. The first kappa shape index (κ1) is 15.9. The molecule has 19 heavy (non-hydrogen) atoms. The normalized spacial score (nSPS) is 14.4. The van der Waals surface area contributed by atoms with E-state index in [0.29, 0.717) is 5.92 Å². The quantitative estimate of drug-likeness (QED) is 0.730. The molecule has 0 aliphatic rings. The van der Waals surface area contributed by atoms with Crippen LogP contribution >= 0.6 is 0 Å². The van der Waals surface area contributed by atoms with Crippen molar-refractivity contribution in [1.29, 1.82) is 0 Å². The molecule has 1 nitrogen and oxygen atoms in total. The van der Waals surface area contributed by atoms with Gasteiger partial charge in [-0.25, -0.2) is 4.39 Å². The molecular formula is C17H26FN. The van der Waals surface area contributed by atoms with Gasteiger partial charge >= 0.3 is 0 Å². The van der Waals surface area contributed by atoms with Crippen molar-refractivity contribution in [3.63, 3.8) is 0 Å². The van der Waals surface area contributed by atoms with Crippen LogP contribution in [0.25, 0.3) is 0 Å². The predicted octanol–water partition coefficient (Wildman–Crippen LogP) is 4.11. The summed E-state index contributed by atoms with van der Waals surface area (Å²) in [5, 5.41) is 3.48. The van der Waals surface area contributed by atoms with Gasteiger partial charge < -0.3 is 5.32 Å². The molecule has 2 heteroatoms. The highest BCUT2D eigenvalue weighted by molar-refractivity contribution is 5.28. The molecule has 0 radical (unpaired) electrons. The summed E-state index contributed by atoms with van der Waals surface area (Å²) in [6.45, 7) is 14.4. The van der Waals surface area contributed by atoms with Crippen molar-refractivity contribution < 1.29 is 4.39 Å². The predicted molar refractivity (Wildman–Crippen MR) is 80.9 cm³/mol. The molecule has 0 heterocycles. The minimum absolute atomic E-state index is 0.00250. The number of hydrogen-bond donors (Lipinski definition) is 1. The second-order valence-electron chi connectivity index (χ2n) is 6.13. The highest BCUT2D eigenvalue weighted by Crippen LogP contribution is 2.25. The number of halogens is 1. The molecule has 1 rings (SSSR count). The Morgan fingerprint density at radius 1 is 1.42 bits per heavy atom. The SMILES string of the molecule is C=CC(C)(CNCC(C)C)Cc1ccc(F)cc1C. The molecule has 1 atom stereocenters. The van der Waals surface area contributed by atoms with E-state index in [2.05, 4.69) is 32.7 Å². The average molecular weight is 263 g/mol. The Bertz CT molecular complexity index is 425. The van der Waals surface area contributed by atoms with Gasteiger partial charge in [-0.15, -0.1) is 6.58 Å². The minimum Gasteiger partial charge on any atom is -0.316 e. The van der Waals surface area contributed by atoms with E-state index in [0.717, 1.165) is 25.1 Å². The first-order valence-electron chi connectivity index (χ1n) is 6.95. The minimum atomic E-state index is -0.167. The number of rotatable bonds is 7. The summed E-state index contributed by atoms with van der Waals surface area (Å²) >= 11 is 0. The van der Waals surface area contributed by atoms with Gasteiger partial charge in [0.15, 0.2) is 0 Å². The molecule has 0 spiro atoms. The van der Waals surface area contributed by atoms with Crippen LogP contribution in [0.5, 0.6) is 0 Å². The fraction of sp³-hybridized carbons (Fsp3) is 0.529. The smallest absolute Gasteiger partial charge is 0.123 e. The molecule has 1 aromatic rings. The van der Waals surface area contributed by atoms with Gasteiger partial charge in [-0.05, 0) is 49.1 Å². The summed E-state index contributed by atoms with van der Waals surface area (Å²) in [4.78, 5) is 0. The lowest BCUT2D eigenvalue weighted by molar-refractivity contribution is 0.377. The third-order valence-electron chi connectivity index (χ3n) is 3.47. The fourth-order valence-corrected chi connectivity index (χ4v) is 2.15. The van der Waals surface area contributed by atoms with Gasteiger partial charge in [-0.1, -0.05) is 32.9 Å². The summed E-state index contributed by atoms with van der Waals surface area (Å²) in [6, 6.07) is 5.02. The third-order valence-corrected chi connectivity index (χ3v) is 3.47. The largest absolute Gasteiger partial charge is 0.316 e. The molecule has 0 aromatic heterocycles. The van der Waals surface area contributed by atoms with Gasteiger partial charge in [0.25, 0.3) is 0 Å². The van der Waals surface area contributed by atoms with Crippen LogP contribution < -0.4 is 5.32 Å². The number of aryl methyl sites for hydroxylation is 1. The Morgan fingerprint density at radius 2 is 2.11 bits per heavy atom. The van der Waals surface area contributed by atoms with E-state index in [4.69, 9.17) is 0 Å². The van der Waals surface area contributed by atoms with Crippen LogP contribution in [-0.4, -0.2) is 13.1 Å². The zero-order valence-corrected chi connectivity index (χ0v) is 12.6. The molecular weight excluding hydrogens is 237 g/mol. The summed E-state index contributed by atoms with van der Waals surface area (Å²) in [5.74, 6) is 0.473. The first-order chi connectivity index (χ1) is 8.86. The van der Waals surface area contributed by atoms with Crippen molar-refractivity contribution in [2.45, 2.75) is 34.1 Å². The van der Waals surface area contributed by atoms with Gasteiger partial charge in [-0.3, -0.25) is 0 Å². The topological polar surface area (TPSA) is 12.0 Å². The third kappa shape index (κ3) is 5.15. The monoisotopic (exact) mass is 263 g/mol. The molecule has 1 N–H and O–H groups in total. The Kier molecular flexibility index (Phi) is 5.74. The van der Waals surface area contributed by atoms with Crippen LogP contribution in [0.4, 0.5) is 4.39 Å². The molecule has 106 valence electrons. The van der Waals surface area contributed by atoms with E-state index < -0.39 is 0 Å². The Morgan fingerprint density at radius 3 is 2.63 bits per heavy atom. The number of hydrogen-bond acceptors (Lipinski definition) is 1. The molecule has 1 aromatic carbocycles. The van der Waals surface area contributed by atoms with Crippen LogP contribution in [-0.2, 0) is 6.42 Å². The zero-order valence-electron chi connectivity index (χ0n) is 12.6. The van der Waals surface area contributed by atoms with Crippen molar-refractivity contribution in [2.24, 2.45) is 11.3 Å². The maximum Gasteiger partial charge on any atom is 0.123 e. The maximum absolute atomic E-state index is 13.1. The maximum atomic E-state index is 13.1. The lowest BCUT2D eigenvalue weighted by Crippen LogP contribution is -2.34. The van der Waals surface area contributed by atoms with E-state index in [-0.39, 0.29) is 11.2 Å². The van der Waals surface area contributed by atoms with E-state index in [1.54, 1.807) is 6.07 Å². The molecule has 0 saturated carbocycles. The summed E-state index contributed by atoms with van der Waals surface area (Å²) < 4.78 is 13.1. The summed E-state index contributed by atoms with van der Waals surface area (Å²) in [7, 11) is 0. The van der Waals surface area contributed by atoms with Crippen molar-refractivity contribution >= 4 is 0 Å². The fourth-order valence-electron chi connectivity index (χ4n) is 2.15. The van der Waals surface area contributed by atoms with Crippen LogP contribution in [0.15, 0.2) is 30.9 Å². The standard InChI is InChI=1S/C17H26FN/c1-6-17(5,12-19-11-13(2)3)10-15-7-8-16(18)9-14(15)4/h6-9,13,19H,1,10-12H2,2-5H3. The first-order valence-corrected chi connectivity index (χ1v) is 6.95. The molecule has 1 unspecified atom stereocenters.